The molecular weight excluding hydrogens is 420 g/mol. The van der Waals surface area contributed by atoms with Gasteiger partial charge in [0.1, 0.15) is 0 Å². The Morgan fingerprint density at radius 2 is 1.80 bits per heavy atom. The third-order valence-electron chi connectivity index (χ3n) is 5.65. The lowest BCUT2D eigenvalue weighted by Gasteiger charge is -2.26. The van der Waals surface area contributed by atoms with E-state index in [1.165, 1.54) is 22.5 Å². The molecule has 1 aliphatic heterocycles. The van der Waals surface area contributed by atoms with E-state index in [9.17, 15) is 13.2 Å². The van der Waals surface area contributed by atoms with E-state index in [0.29, 0.717) is 19.5 Å². The zero-order valence-electron chi connectivity index (χ0n) is 17.7. The Morgan fingerprint density at radius 1 is 1.10 bits per heavy atom. The molecule has 0 aliphatic carbocycles. The van der Waals surface area contributed by atoms with E-state index >= 15 is 0 Å². The molecule has 1 saturated heterocycles. The van der Waals surface area contributed by atoms with Gasteiger partial charge in [-0.2, -0.15) is 4.31 Å². The fourth-order valence-electron chi connectivity index (χ4n) is 3.95. The van der Waals surface area contributed by atoms with E-state index in [0.717, 1.165) is 36.0 Å². The monoisotopic (exact) mass is 448 g/mol. The number of rotatable bonds is 6. The van der Waals surface area contributed by atoms with Gasteiger partial charge in [-0.1, -0.05) is 48.7 Å². The molecule has 0 saturated carbocycles. The Kier molecular flexibility index (Phi) is 7.22. The van der Waals surface area contributed by atoms with Crippen LogP contribution in [-0.4, -0.2) is 31.7 Å². The third kappa shape index (κ3) is 4.88. The zero-order valence-corrected chi connectivity index (χ0v) is 19.3. The molecule has 7 heteroatoms. The molecule has 1 fully saturated rings. The van der Waals surface area contributed by atoms with E-state index in [4.69, 9.17) is 11.6 Å². The molecule has 2 aromatic carbocycles. The summed E-state index contributed by atoms with van der Waals surface area (Å²) >= 11 is 6.28. The first-order valence-corrected chi connectivity index (χ1v) is 12.2. The molecule has 1 unspecified atom stereocenters. The molecule has 30 heavy (non-hydrogen) atoms. The molecule has 5 nitrogen and oxygen atoms in total. The molecule has 1 heterocycles. The Balaban J connectivity index is 1.87. The molecular formula is C23H29ClN2O3S. The smallest absolute Gasteiger partial charge is 0.253 e. The van der Waals surface area contributed by atoms with Gasteiger partial charge in [0, 0.05) is 13.1 Å². The number of hydrogen-bond acceptors (Lipinski definition) is 3. The van der Waals surface area contributed by atoms with Gasteiger partial charge in [-0.25, -0.2) is 8.42 Å². The fraction of sp³-hybridized carbons (Fsp3) is 0.435. The predicted octanol–water partition coefficient (Wildman–Crippen LogP) is 5.01. The standard InChI is InChI=1S/C23H29ClN2O3S/c1-4-22(19-10-8-16(2)14-17(19)3)25-23(27)20-15-18(9-11-21(20)24)30(28,29)26-12-6-5-7-13-26/h8-11,14-15,22H,4-7,12-13H2,1-3H3,(H,25,27). The van der Waals surface area contributed by atoms with Crippen LogP contribution in [0.5, 0.6) is 0 Å². The van der Waals surface area contributed by atoms with Crippen LogP contribution in [0, 0.1) is 13.8 Å². The molecule has 1 N–H and O–H groups in total. The first-order valence-electron chi connectivity index (χ1n) is 10.4. The number of benzene rings is 2. The molecule has 1 aliphatic rings. The number of nitrogens with zero attached hydrogens (tertiary/aromatic N) is 1. The summed E-state index contributed by atoms with van der Waals surface area (Å²) in [5.74, 6) is -0.373. The van der Waals surface area contributed by atoms with Crippen LogP contribution in [0.25, 0.3) is 0 Å². The summed E-state index contributed by atoms with van der Waals surface area (Å²) in [4.78, 5) is 13.1. The van der Waals surface area contributed by atoms with E-state index < -0.39 is 10.0 Å². The number of piperidine rings is 1. The van der Waals surface area contributed by atoms with Crippen LogP contribution in [0.2, 0.25) is 5.02 Å². The molecule has 3 rings (SSSR count). The number of amides is 1. The van der Waals surface area contributed by atoms with Crippen molar-refractivity contribution < 1.29 is 13.2 Å². The summed E-state index contributed by atoms with van der Waals surface area (Å²) in [5, 5.41) is 3.26. The molecule has 0 aromatic heterocycles. The number of sulfonamides is 1. The Hall–Kier alpha value is -1.89. The van der Waals surface area contributed by atoms with Crippen LogP contribution in [0.4, 0.5) is 0 Å². The minimum atomic E-state index is -3.64. The molecule has 2 aromatic rings. The van der Waals surface area contributed by atoms with Crippen molar-refractivity contribution in [1.82, 2.24) is 9.62 Å². The van der Waals surface area contributed by atoms with Gasteiger partial charge in [-0.3, -0.25) is 4.79 Å². The van der Waals surface area contributed by atoms with E-state index in [-0.39, 0.29) is 27.4 Å². The van der Waals surface area contributed by atoms with Crippen LogP contribution >= 0.6 is 11.6 Å². The highest BCUT2D eigenvalue weighted by atomic mass is 35.5. The third-order valence-corrected chi connectivity index (χ3v) is 7.87. The van der Waals surface area contributed by atoms with Crippen molar-refractivity contribution in [1.29, 1.82) is 0 Å². The summed E-state index contributed by atoms with van der Waals surface area (Å²) in [6.07, 6.45) is 3.46. The van der Waals surface area contributed by atoms with E-state index in [2.05, 4.69) is 11.4 Å². The zero-order chi connectivity index (χ0) is 21.9. The first kappa shape index (κ1) is 22.8. The topological polar surface area (TPSA) is 66.5 Å². The van der Waals surface area contributed by atoms with Gasteiger partial charge < -0.3 is 5.32 Å². The second-order valence-electron chi connectivity index (χ2n) is 7.90. The molecule has 0 radical (unpaired) electrons. The van der Waals surface area contributed by atoms with Gasteiger partial charge >= 0.3 is 0 Å². The number of aryl methyl sites for hydroxylation is 2. The van der Waals surface area contributed by atoms with Gasteiger partial charge in [0.05, 0.1) is 21.5 Å². The van der Waals surface area contributed by atoms with Crippen molar-refractivity contribution in [3.8, 4) is 0 Å². The van der Waals surface area contributed by atoms with Gasteiger partial charge in [0.25, 0.3) is 5.91 Å². The SMILES string of the molecule is CCC(NC(=O)c1cc(S(=O)(=O)N2CCCCC2)ccc1Cl)c1ccc(C)cc1C. The number of carbonyl (C=O) groups excluding carboxylic acids is 1. The summed E-state index contributed by atoms with van der Waals surface area (Å²) in [5.41, 5.74) is 3.49. The average molecular weight is 449 g/mol. The number of hydrogen-bond donors (Lipinski definition) is 1. The van der Waals surface area contributed by atoms with Gasteiger partial charge in [-0.05, 0) is 62.4 Å². The van der Waals surface area contributed by atoms with Crippen molar-refractivity contribution in [2.75, 3.05) is 13.1 Å². The van der Waals surface area contributed by atoms with Crippen LogP contribution in [0.1, 0.15) is 65.7 Å². The minimum Gasteiger partial charge on any atom is -0.345 e. The molecule has 1 atom stereocenters. The normalized spacial score (nSPS) is 16.3. The lowest BCUT2D eigenvalue weighted by molar-refractivity contribution is 0.0935. The second kappa shape index (κ2) is 9.50. The number of halogens is 1. The van der Waals surface area contributed by atoms with Crippen LogP contribution in [0.15, 0.2) is 41.3 Å². The molecule has 162 valence electrons. The van der Waals surface area contributed by atoms with Crippen molar-refractivity contribution in [3.05, 3.63) is 63.7 Å². The lowest BCUT2D eigenvalue weighted by Crippen LogP contribution is -2.35. The number of carbonyl (C=O) groups is 1. The highest BCUT2D eigenvalue weighted by Gasteiger charge is 2.27. The highest BCUT2D eigenvalue weighted by Crippen LogP contribution is 2.27. The molecule has 0 spiro atoms. The Morgan fingerprint density at radius 3 is 2.43 bits per heavy atom. The van der Waals surface area contributed by atoms with Crippen LogP contribution in [0.3, 0.4) is 0 Å². The van der Waals surface area contributed by atoms with Crippen molar-refractivity contribution >= 4 is 27.5 Å². The van der Waals surface area contributed by atoms with Crippen LogP contribution in [-0.2, 0) is 10.0 Å². The Bertz CT molecular complexity index is 1030. The lowest BCUT2D eigenvalue weighted by atomic mass is 9.97. The average Bonchev–Trinajstić information content (AvgIpc) is 2.73. The van der Waals surface area contributed by atoms with Crippen LogP contribution < -0.4 is 5.32 Å². The molecule has 1 amide bonds. The van der Waals surface area contributed by atoms with E-state index in [1.54, 1.807) is 0 Å². The first-order chi connectivity index (χ1) is 14.2. The second-order valence-corrected chi connectivity index (χ2v) is 10.2. The van der Waals surface area contributed by atoms with Crippen molar-refractivity contribution in [3.63, 3.8) is 0 Å². The highest BCUT2D eigenvalue weighted by molar-refractivity contribution is 7.89. The van der Waals surface area contributed by atoms with Gasteiger partial charge in [0.15, 0.2) is 0 Å². The summed E-state index contributed by atoms with van der Waals surface area (Å²) < 4.78 is 27.5. The minimum absolute atomic E-state index is 0.110. The quantitative estimate of drug-likeness (QED) is 0.675. The van der Waals surface area contributed by atoms with Gasteiger partial charge in [-0.15, -0.1) is 0 Å². The van der Waals surface area contributed by atoms with Crippen molar-refractivity contribution in [2.24, 2.45) is 0 Å². The molecule has 0 bridgehead atoms. The predicted molar refractivity (Wildman–Crippen MR) is 120 cm³/mol. The van der Waals surface area contributed by atoms with Gasteiger partial charge in [0.2, 0.25) is 10.0 Å². The summed E-state index contributed by atoms with van der Waals surface area (Å²) in [7, 11) is -3.64. The maximum atomic E-state index is 13.0. The fourth-order valence-corrected chi connectivity index (χ4v) is 5.69. The number of nitrogens with one attached hydrogen (secondary N) is 1. The summed E-state index contributed by atoms with van der Waals surface area (Å²) in [6.45, 7) is 7.08. The summed E-state index contributed by atoms with van der Waals surface area (Å²) in [6, 6.07) is 10.3. The maximum Gasteiger partial charge on any atom is 0.253 e. The largest absolute Gasteiger partial charge is 0.345 e. The maximum absolute atomic E-state index is 13.0. The van der Waals surface area contributed by atoms with E-state index in [1.807, 2.05) is 32.9 Å². The Labute approximate surface area is 184 Å². The van der Waals surface area contributed by atoms with Crippen molar-refractivity contribution in [2.45, 2.75) is 57.4 Å².